The topological polar surface area (TPSA) is 16.1 Å². The fourth-order valence-electron chi connectivity index (χ4n) is 5.02. The van der Waals surface area contributed by atoms with Gasteiger partial charge < -0.3 is 4.90 Å². The highest BCUT2D eigenvalue weighted by Crippen LogP contribution is 2.40. The van der Waals surface area contributed by atoms with Gasteiger partial charge >= 0.3 is 0 Å². The van der Waals surface area contributed by atoms with Crippen molar-refractivity contribution < 1.29 is 0 Å². The van der Waals surface area contributed by atoms with E-state index in [0.29, 0.717) is 0 Å². The van der Waals surface area contributed by atoms with Crippen molar-refractivity contribution in [1.29, 1.82) is 0 Å². The Bertz CT molecular complexity index is 1760. The minimum atomic E-state index is 1.05. The molecule has 0 N–H and O–H groups in total. The van der Waals surface area contributed by atoms with Crippen LogP contribution in [0, 0.1) is 0 Å². The third-order valence-electron chi connectivity index (χ3n) is 6.92. The van der Waals surface area contributed by atoms with E-state index in [-0.39, 0.29) is 0 Å². The summed E-state index contributed by atoms with van der Waals surface area (Å²) in [5, 5.41) is 1.21. The van der Waals surface area contributed by atoms with Crippen LogP contribution in [0.4, 0.5) is 17.1 Å². The Morgan fingerprint density at radius 1 is 0.447 bits per heavy atom. The Balaban J connectivity index is 1.34. The van der Waals surface area contributed by atoms with E-state index in [1.165, 1.54) is 37.0 Å². The van der Waals surface area contributed by atoms with Crippen LogP contribution in [0.1, 0.15) is 0 Å². The second-order valence-corrected chi connectivity index (χ2v) is 10.4. The summed E-state index contributed by atoms with van der Waals surface area (Å²) in [4.78, 5) is 7.23. The summed E-state index contributed by atoms with van der Waals surface area (Å²) in [7, 11) is 0. The minimum absolute atomic E-state index is 1.05. The van der Waals surface area contributed by atoms with Gasteiger partial charge in [-0.05, 0) is 58.7 Å². The normalized spacial score (nSPS) is 11.2. The Kier molecular flexibility index (Phi) is 5.69. The number of pyridine rings is 1. The predicted molar refractivity (Wildman–Crippen MR) is 163 cm³/mol. The zero-order valence-electron chi connectivity index (χ0n) is 20.7. The van der Waals surface area contributed by atoms with Gasteiger partial charge in [0.25, 0.3) is 0 Å². The largest absolute Gasteiger partial charge is 0.309 e. The SMILES string of the molecule is c1ccc(-c2ccc(N(c3ccc(-c4ccccc4)cc3)c3cnc4c(c3)sc3ccccc34)cc2)cc1. The molecule has 2 nitrogen and oxygen atoms in total. The number of fused-ring (bicyclic) bond motifs is 3. The molecule has 5 aromatic carbocycles. The highest BCUT2D eigenvalue weighted by atomic mass is 32.1. The number of benzene rings is 5. The van der Waals surface area contributed by atoms with Gasteiger partial charge in [0.05, 0.1) is 22.1 Å². The number of anilines is 3. The quantitative estimate of drug-likeness (QED) is 0.232. The lowest BCUT2D eigenvalue weighted by atomic mass is 10.0. The van der Waals surface area contributed by atoms with Crippen LogP contribution >= 0.6 is 11.3 Å². The molecule has 0 amide bonds. The van der Waals surface area contributed by atoms with Crippen molar-refractivity contribution in [3.8, 4) is 22.3 Å². The van der Waals surface area contributed by atoms with E-state index in [1.807, 2.05) is 6.20 Å². The zero-order valence-corrected chi connectivity index (χ0v) is 21.5. The van der Waals surface area contributed by atoms with E-state index in [4.69, 9.17) is 4.98 Å². The highest BCUT2D eigenvalue weighted by Gasteiger charge is 2.16. The molecule has 3 heteroatoms. The first-order chi connectivity index (χ1) is 18.8. The van der Waals surface area contributed by atoms with Gasteiger partial charge in [0, 0.05) is 21.5 Å². The molecule has 0 atom stereocenters. The molecule has 2 heterocycles. The number of hydrogen-bond acceptors (Lipinski definition) is 3. The van der Waals surface area contributed by atoms with E-state index in [1.54, 1.807) is 11.3 Å². The van der Waals surface area contributed by atoms with E-state index >= 15 is 0 Å². The van der Waals surface area contributed by atoms with Gasteiger partial charge in [0.15, 0.2) is 0 Å². The number of thiophene rings is 1. The molecule has 0 saturated carbocycles. The van der Waals surface area contributed by atoms with Crippen LogP contribution in [0.3, 0.4) is 0 Å². The van der Waals surface area contributed by atoms with E-state index in [9.17, 15) is 0 Å². The molecule has 0 aliphatic carbocycles. The van der Waals surface area contributed by atoms with Crippen LogP contribution in [0.25, 0.3) is 42.6 Å². The molecule has 0 spiro atoms. The summed E-state index contributed by atoms with van der Waals surface area (Å²) in [5.74, 6) is 0. The van der Waals surface area contributed by atoms with Crippen molar-refractivity contribution in [2.24, 2.45) is 0 Å². The van der Waals surface area contributed by atoms with Gasteiger partial charge in [-0.2, -0.15) is 0 Å². The molecule has 0 fully saturated rings. The minimum Gasteiger partial charge on any atom is -0.309 e. The number of aromatic nitrogens is 1. The number of nitrogens with zero attached hydrogens (tertiary/aromatic N) is 2. The molecule has 7 aromatic rings. The molecule has 0 radical (unpaired) electrons. The van der Waals surface area contributed by atoms with E-state index in [2.05, 4.69) is 144 Å². The first-order valence-corrected chi connectivity index (χ1v) is 13.5. The Labute approximate surface area is 226 Å². The van der Waals surface area contributed by atoms with Crippen LogP contribution in [0.5, 0.6) is 0 Å². The molecule has 7 rings (SSSR count). The first-order valence-electron chi connectivity index (χ1n) is 12.7. The van der Waals surface area contributed by atoms with Gasteiger partial charge in [-0.15, -0.1) is 11.3 Å². The van der Waals surface area contributed by atoms with Crippen LogP contribution < -0.4 is 4.90 Å². The van der Waals surface area contributed by atoms with Crippen LogP contribution in [0.15, 0.2) is 146 Å². The number of hydrogen-bond donors (Lipinski definition) is 0. The summed E-state index contributed by atoms with van der Waals surface area (Å²) < 4.78 is 2.45. The van der Waals surface area contributed by atoms with Crippen molar-refractivity contribution in [3.63, 3.8) is 0 Å². The Morgan fingerprint density at radius 3 is 1.53 bits per heavy atom. The summed E-state index contributed by atoms with van der Waals surface area (Å²) >= 11 is 1.79. The van der Waals surface area contributed by atoms with Crippen LogP contribution in [-0.4, -0.2) is 4.98 Å². The van der Waals surface area contributed by atoms with Crippen molar-refractivity contribution in [1.82, 2.24) is 4.98 Å². The fourth-order valence-corrected chi connectivity index (χ4v) is 6.12. The average Bonchev–Trinajstić information content (AvgIpc) is 3.37. The lowest BCUT2D eigenvalue weighted by Gasteiger charge is -2.25. The van der Waals surface area contributed by atoms with E-state index in [0.717, 1.165) is 22.6 Å². The Hall–Kier alpha value is -4.73. The molecule has 0 saturated heterocycles. The molecule has 38 heavy (non-hydrogen) atoms. The van der Waals surface area contributed by atoms with Gasteiger partial charge in [0.1, 0.15) is 0 Å². The lowest BCUT2D eigenvalue weighted by Crippen LogP contribution is -2.10. The molecule has 2 aromatic heterocycles. The first kappa shape index (κ1) is 22.5. The lowest BCUT2D eigenvalue weighted by molar-refractivity contribution is 1.26. The molecule has 0 aliphatic heterocycles. The second kappa shape index (κ2) is 9.62. The third-order valence-corrected chi connectivity index (χ3v) is 8.03. The van der Waals surface area contributed by atoms with Crippen molar-refractivity contribution in [3.05, 3.63) is 146 Å². The van der Waals surface area contributed by atoms with Gasteiger partial charge in [0.2, 0.25) is 0 Å². The van der Waals surface area contributed by atoms with Crippen LogP contribution in [0.2, 0.25) is 0 Å². The predicted octanol–water partition coefficient (Wildman–Crippen LogP) is 10.3. The van der Waals surface area contributed by atoms with Crippen molar-refractivity contribution in [2.75, 3.05) is 4.90 Å². The van der Waals surface area contributed by atoms with Crippen molar-refractivity contribution >= 4 is 48.7 Å². The maximum atomic E-state index is 4.94. The molecular formula is C35H24N2S. The molecule has 0 aliphatic rings. The molecule has 180 valence electrons. The van der Waals surface area contributed by atoms with Crippen LogP contribution in [-0.2, 0) is 0 Å². The monoisotopic (exact) mass is 504 g/mol. The average molecular weight is 505 g/mol. The summed E-state index contributed by atoms with van der Waals surface area (Å²) in [6.07, 6.45) is 2.00. The summed E-state index contributed by atoms with van der Waals surface area (Å²) in [6, 6.07) is 49.3. The third kappa shape index (κ3) is 4.13. The molecule has 0 unspecified atom stereocenters. The Morgan fingerprint density at radius 2 is 0.947 bits per heavy atom. The molecule has 0 bridgehead atoms. The smallest absolute Gasteiger partial charge is 0.0890 e. The zero-order chi connectivity index (χ0) is 25.3. The van der Waals surface area contributed by atoms with Gasteiger partial charge in [-0.1, -0.05) is 103 Å². The standard InChI is InChI=1S/C35H24N2S/c1-3-9-25(10-4-1)27-15-19-29(20-16-27)37(30-21-17-28(18-22-30)26-11-5-2-6-12-26)31-23-34-35(36-24-31)32-13-7-8-14-33(32)38-34/h1-24H. The van der Waals surface area contributed by atoms with Gasteiger partial charge in [-0.25, -0.2) is 0 Å². The second-order valence-electron chi connectivity index (χ2n) is 9.30. The maximum Gasteiger partial charge on any atom is 0.0890 e. The molecular weight excluding hydrogens is 480 g/mol. The van der Waals surface area contributed by atoms with Crippen molar-refractivity contribution in [2.45, 2.75) is 0 Å². The highest BCUT2D eigenvalue weighted by molar-refractivity contribution is 7.25. The number of rotatable bonds is 5. The van der Waals surface area contributed by atoms with Gasteiger partial charge in [-0.3, -0.25) is 4.98 Å². The summed E-state index contributed by atoms with van der Waals surface area (Å²) in [5.41, 5.74) is 9.13. The summed E-state index contributed by atoms with van der Waals surface area (Å²) in [6.45, 7) is 0. The maximum absolute atomic E-state index is 4.94. The fraction of sp³-hybridized carbons (Fsp3) is 0. The van der Waals surface area contributed by atoms with E-state index < -0.39 is 0 Å².